The molecule has 0 radical (unpaired) electrons. The molecule has 0 unspecified atom stereocenters. The van der Waals surface area contributed by atoms with Crippen LogP contribution in [0.1, 0.15) is 6.92 Å². The molecule has 1 amide bonds. The predicted octanol–water partition coefficient (Wildman–Crippen LogP) is 3.09. The Labute approximate surface area is 84.6 Å². The fraction of sp³-hybridized carbons (Fsp3) is 0.125. The van der Waals surface area contributed by atoms with Gasteiger partial charge in [0.2, 0.25) is 5.91 Å². The van der Waals surface area contributed by atoms with E-state index >= 15 is 0 Å². The summed E-state index contributed by atoms with van der Waals surface area (Å²) in [5.41, 5.74) is 0.379. The molecule has 5 heteroatoms. The standard InChI is InChI=1S/C8H6Cl2FNO/c1-4(13)12-5-2-6(9)8(11)7(10)3-5/h2-3H,1H3,(H,12,13). The summed E-state index contributed by atoms with van der Waals surface area (Å²) in [5, 5.41) is 2.21. The topological polar surface area (TPSA) is 29.1 Å². The maximum Gasteiger partial charge on any atom is 0.221 e. The summed E-state index contributed by atoms with van der Waals surface area (Å²) in [5.74, 6) is -0.948. The summed E-state index contributed by atoms with van der Waals surface area (Å²) in [7, 11) is 0. The number of anilines is 1. The SMILES string of the molecule is CC(=O)Nc1cc(Cl)c(F)c(Cl)c1. The number of rotatable bonds is 1. The van der Waals surface area contributed by atoms with Crippen LogP contribution in [0.3, 0.4) is 0 Å². The highest BCUT2D eigenvalue weighted by molar-refractivity contribution is 6.35. The summed E-state index contributed by atoms with van der Waals surface area (Å²) in [6.45, 7) is 1.34. The molecule has 0 atom stereocenters. The van der Waals surface area contributed by atoms with Gasteiger partial charge in [0, 0.05) is 12.6 Å². The molecule has 0 saturated heterocycles. The molecule has 70 valence electrons. The normalized spacial score (nSPS) is 9.85. The van der Waals surface area contributed by atoms with E-state index in [1.165, 1.54) is 19.1 Å². The number of carbonyl (C=O) groups is 1. The first kappa shape index (κ1) is 10.3. The van der Waals surface area contributed by atoms with E-state index in [-0.39, 0.29) is 16.0 Å². The van der Waals surface area contributed by atoms with Crippen molar-refractivity contribution in [2.24, 2.45) is 0 Å². The van der Waals surface area contributed by atoms with E-state index in [9.17, 15) is 9.18 Å². The van der Waals surface area contributed by atoms with Crippen molar-refractivity contribution in [2.75, 3.05) is 5.32 Å². The summed E-state index contributed by atoms with van der Waals surface area (Å²) >= 11 is 11.0. The van der Waals surface area contributed by atoms with Gasteiger partial charge in [-0.3, -0.25) is 4.79 Å². The van der Waals surface area contributed by atoms with E-state index in [2.05, 4.69) is 5.32 Å². The van der Waals surface area contributed by atoms with Gasteiger partial charge in [-0.05, 0) is 12.1 Å². The molecule has 0 saturated carbocycles. The fourth-order valence-electron chi connectivity index (χ4n) is 0.831. The molecule has 0 heterocycles. The predicted molar refractivity (Wildman–Crippen MR) is 50.7 cm³/mol. The van der Waals surface area contributed by atoms with Crippen LogP contribution >= 0.6 is 23.2 Å². The van der Waals surface area contributed by atoms with Crippen LogP contribution in [0, 0.1) is 5.82 Å². The van der Waals surface area contributed by atoms with Crippen LogP contribution in [-0.2, 0) is 4.79 Å². The van der Waals surface area contributed by atoms with Crippen molar-refractivity contribution in [1.82, 2.24) is 0 Å². The molecule has 2 nitrogen and oxygen atoms in total. The third-order valence-corrected chi connectivity index (χ3v) is 1.85. The lowest BCUT2D eigenvalue weighted by Gasteiger charge is -2.04. The van der Waals surface area contributed by atoms with Gasteiger partial charge < -0.3 is 5.32 Å². The van der Waals surface area contributed by atoms with Crippen LogP contribution in [0.15, 0.2) is 12.1 Å². The van der Waals surface area contributed by atoms with E-state index in [0.29, 0.717) is 5.69 Å². The number of amides is 1. The molecule has 0 bridgehead atoms. The van der Waals surface area contributed by atoms with Gasteiger partial charge in [0.1, 0.15) is 0 Å². The van der Waals surface area contributed by atoms with Crippen LogP contribution < -0.4 is 5.32 Å². The van der Waals surface area contributed by atoms with Crippen LogP contribution in [0.4, 0.5) is 10.1 Å². The Hall–Kier alpha value is -0.800. The molecule has 0 fully saturated rings. The Balaban J connectivity index is 3.06. The third-order valence-electron chi connectivity index (χ3n) is 1.30. The number of hydrogen-bond acceptors (Lipinski definition) is 1. The average molecular weight is 222 g/mol. The van der Waals surface area contributed by atoms with Crippen molar-refractivity contribution in [3.05, 3.63) is 28.0 Å². The van der Waals surface area contributed by atoms with Gasteiger partial charge in [0.05, 0.1) is 10.0 Å². The number of halogens is 3. The lowest BCUT2D eigenvalue weighted by atomic mass is 10.3. The van der Waals surface area contributed by atoms with Crippen LogP contribution in [0.5, 0.6) is 0 Å². The van der Waals surface area contributed by atoms with E-state index < -0.39 is 5.82 Å². The number of hydrogen-bond donors (Lipinski definition) is 1. The highest BCUT2D eigenvalue weighted by atomic mass is 35.5. The Morgan fingerprint density at radius 3 is 2.23 bits per heavy atom. The van der Waals surface area contributed by atoms with Gasteiger partial charge in [-0.15, -0.1) is 0 Å². The zero-order chi connectivity index (χ0) is 10.0. The Kier molecular flexibility index (Phi) is 3.12. The second-order valence-electron chi connectivity index (χ2n) is 2.44. The maximum atomic E-state index is 12.9. The highest BCUT2D eigenvalue weighted by Crippen LogP contribution is 2.27. The van der Waals surface area contributed by atoms with Gasteiger partial charge in [0.15, 0.2) is 5.82 Å². The molecular weight excluding hydrogens is 216 g/mol. The third kappa shape index (κ3) is 2.57. The average Bonchev–Trinajstić information content (AvgIpc) is 1.98. The minimum Gasteiger partial charge on any atom is -0.326 e. The molecule has 1 rings (SSSR count). The molecule has 1 N–H and O–H groups in total. The second kappa shape index (κ2) is 3.94. The first-order chi connectivity index (χ1) is 6.00. The van der Waals surface area contributed by atoms with Crippen LogP contribution in [0.25, 0.3) is 0 Å². The summed E-state index contributed by atoms with van der Waals surface area (Å²) < 4.78 is 12.9. The Morgan fingerprint density at radius 2 is 1.85 bits per heavy atom. The molecule has 0 aliphatic rings. The van der Waals surface area contributed by atoms with Crippen LogP contribution in [-0.4, -0.2) is 5.91 Å². The second-order valence-corrected chi connectivity index (χ2v) is 3.25. The Morgan fingerprint density at radius 1 is 1.38 bits per heavy atom. The van der Waals surface area contributed by atoms with E-state index in [0.717, 1.165) is 0 Å². The number of benzene rings is 1. The lowest BCUT2D eigenvalue weighted by molar-refractivity contribution is -0.114. The van der Waals surface area contributed by atoms with Crippen molar-refractivity contribution in [2.45, 2.75) is 6.92 Å². The van der Waals surface area contributed by atoms with Crippen molar-refractivity contribution in [3.8, 4) is 0 Å². The van der Waals surface area contributed by atoms with Gasteiger partial charge in [-0.25, -0.2) is 4.39 Å². The number of nitrogens with one attached hydrogen (secondary N) is 1. The summed E-state index contributed by atoms with van der Waals surface area (Å²) in [4.78, 5) is 10.6. The van der Waals surface area contributed by atoms with Gasteiger partial charge in [0.25, 0.3) is 0 Å². The molecule has 0 aliphatic heterocycles. The Bertz CT molecular complexity index is 331. The largest absolute Gasteiger partial charge is 0.326 e. The minimum absolute atomic E-state index is 0.115. The zero-order valence-electron chi connectivity index (χ0n) is 6.70. The van der Waals surface area contributed by atoms with E-state index in [1.807, 2.05) is 0 Å². The smallest absolute Gasteiger partial charge is 0.221 e. The van der Waals surface area contributed by atoms with Crippen molar-refractivity contribution >= 4 is 34.8 Å². The first-order valence-electron chi connectivity index (χ1n) is 3.43. The van der Waals surface area contributed by atoms with Gasteiger partial charge in [-0.2, -0.15) is 0 Å². The molecule has 1 aromatic carbocycles. The fourth-order valence-corrected chi connectivity index (χ4v) is 1.32. The quantitative estimate of drug-likeness (QED) is 0.726. The van der Waals surface area contributed by atoms with Gasteiger partial charge >= 0.3 is 0 Å². The van der Waals surface area contributed by atoms with Crippen molar-refractivity contribution in [3.63, 3.8) is 0 Å². The minimum atomic E-state index is -0.683. The van der Waals surface area contributed by atoms with Gasteiger partial charge in [-0.1, -0.05) is 23.2 Å². The monoisotopic (exact) mass is 221 g/mol. The zero-order valence-corrected chi connectivity index (χ0v) is 8.21. The molecule has 0 aliphatic carbocycles. The highest BCUT2D eigenvalue weighted by Gasteiger charge is 2.07. The maximum absolute atomic E-state index is 12.9. The van der Waals surface area contributed by atoms with Crippen LogP contribution in [0.2, 0.25) is 10.0 Å². The van der Waals surface area contributed by atoms with Crippen molar-refractivity contribution < 1.29 is 9.18 Å². The molecule has 1 aromatic rings. The molecular formula is C8H6Cl2FNO. The van der Waals surface area contributed by atoms with E-state index in [4.69, 9.17) is 23.2 Å². The summed E-state index contributed by atoms with van der Waals surface area (Å²) in [6, 6.07) is 2.59. The molecule has 13 heavy (non-hydrogen) atoms. The summed E-state index contributed by atoms with van der Waals surface area (Å²) in [6.07, 6.45) is 0. The number of carbonyl (C=O) groups excluding carboxylic acids is 1. The molecule has 0 aromatic heterocycles. The first-order valence-corrected chi connectivity index (χ1v) is 4.18. The van der Waals surface area contributed by atoms with E-state index in [1.54, 1.807) is 0 Å². The van der Waals surface area contributed by atoms with Crippen molar-refractivity contribution in [1.29, 1.82) is 0 Å². The molecule has 0 spiro atoms. The lowest BCUT2D eigenvalue weighted by Crippen LogP contribution is -2.05.